The summed E-state index contributed by atoms with van der Waals surface area (Å²) in [5.74, 6) is 2.17. The number of allylic oxidation sites excluding steroid dienone is 1. The van der Waals surface area contributed by atoms with E-state index in [0.29, 0.717) is 5.41 Å². The van der Waals surface area contributed by atoms with Gasteiger partial charge in [-0.1, -0.05) is 65.0 Å². The summed E-state index contributed by atoms with van der Waals surface area (Å²) in [6.07, 6.45) is 4.60. The standard InChI is InChI=1S/C26H34OS/c1-19(21-8-10-22(11-9-21)27-15-13-25(2,3)4)17-20-7-12-24-23(18-20)26(5,6)14-16-28-24/h7-12,17-18H,13-16H2,1-6H3/b19-17+. The number of hydrogen-bond acceptors (Lipinski definition) is 2. The lowest BCUT2D eigenvalue weighted by Crippen LogP contribution is -2.22. The Morgan fingerprint density at radius 1 is 1.11 bits per heavy atom. The number of hydrogen-bond donors (Lipinski definition) is 0. The van der Waals surface area contributed by atoms with Crippen LogP contribution in [0.3, 0.4) is 0 Å². The van der Waals surface area contributed by atoms with Gasteiger partial charge in [-0.05, 0) is 76.8 Å². The molecular formula is C26H34OS. The van der Waals surface area contributed by atoms with Gasteiger partial charge in [-0.15, -0.1) is 11.8 Å². The molecule has 0 saturated heterocycles. The number of fused-ring (bicyclic) bond motifs is 1. The van der Waals surface area contributed by atoms with Gasteiger partial charge in [0.2, 0.25) is 0 Å². The molecule has 0 atom stereocenters. The van der Waals surface area contributed by atoms with Gasteiger partial charge in [-0.2, -0.15) is 0 Å². The van der Waals surface area contributed by atoms with Crippen molar-refractivity contribution in [3.05, 3.63) is 59.2 Å². The fourth-order valence-electron chi connectivity index (χ4n) is 3.47. The molecule has 0 spiro atoms. The Kier molecular flexibility index (Phi) is 6.29. The lowest BCUT2D eigenvalue weighted by molar-refractivity contribution is 0.243. The van der Waals surface area contributed by atoms with Gasteiger partial charge in [0, 0.05) is 4.90 Å². The van der Waals surface area contributed by atoms with Gasteiger partial charge in [0.25, 0.3) is 0 Å². The minimum absolute atomic E-state index is 0.268. The summed E-state index contributed by atoms with van der Waals surface area (Å²) < 4.78 is 5.90. The van der Waals surface area contributed by atoms with Crippen LogP contribution in [0.2, 0.25) is 0 Å². The van der Waals surface area contributed by atoms with Gasteiger partial charge in [-0.3, -0.25) is 0 Å². The Morgan fingerprint density at radius 3 is 2.50 bits per heavy atom. The summed E-state index contributed by atoms with van der Waals surface area (Å²) in [6.45, 7) is 14.4. The quantitative estimate of drug-likeness (QED) is 0.478. The van der Waals surface area contributed by atoms with Gasteiger partial charge < -0.3 is 4.74 Å². The van der Waals surface area contributed by atoms with Crippen LogP contribution in [0.15, 0.2) is 47.4 Å². The predicted octanol–water partition coefficient (Wildman–Crippen LogP) is 7.84. The molecule has 0 fully saturated rings. The van der Waals surface area contributed by atoms with E-state index in [-0.39, 0.29) is 5.41 Å². The largest absolute Gasteiger partial charge is 0.494 e. The van der Waals surface area contributed by atoms with Gasteiger partial charge in [0.05, 0.1) is 6.61 Å². The second-order valence-corrected chi connectivity index (χ2v) is 10.9. The first-order valence-electron chi connectivity index (χ1n) is 10.3. The van der Waals surface area contributed by atoms with Crippen LogP contribution >= 0.6 is 11.8 Å². The van der Waals surface area contributed by atoms with E-state index < -0.39 is 0 Å². The molecule has 1 nitrogen and oxygen atoms in total. The highest BCUT2D eigenvalue weighted by Crippen LogP contribution is 2.42. The number of rotatable bonds is 5. The van der Waals surface area contributed by atoms with Crippen LogP contribution in [0.25, 0.3) is 11.6 Å². The minimum atomic E-state index is 0.268. The molecule has 0 aliphatic carbocycles. The molecule has 2 aromatic carbocycles. The molecule has 3 rings (SSSR count). The molecule has 0 aromatic heterocycles. The summed E-state index contributed by atoms with van der Waals surface area (Å²) in [7, 11) is 0. The first-order chi connectivity index (χ1) is 13.1. The van der Waals surface area contributed by atoms with E-state index in [1.54, 1.807) is 0 Å². The highest BCUT2D eigenvalue weighted by atomic mass is 32.2. The van der Waals surface area contributed by atoms with Crippen molar-refractivity contribution >= 4 is 23.4 Å². The van der Waals surface area contributed by atoms with Crippen molar-refractivity contribution in [3.8, 4) is 5.75 Å². The third kappa shape index (κ3) is 5.44. The third-order valence-electron chi connectivity index (χ3n) is 5.53. The highest BCUT2D eigenvalue weighted by molar-refractivity contribution is 7.99. The summed E-state index contributed by atoms with van der Waals surface area (Å²) in [5.41, 5.74) is 5.88. The van der Waals surface area contributed by atoms with Gasteiger partial charge in [-0.25, -0.2) is 0 Å². The molecule has 0 bridgehead atoms. The molecule has 0 radical (unpaired) electrons. The van der Waals surface area contributed by atoms with E-state index in [2.05, 4.69) is 90.1 Å². The predicted molar refractivity (Wildman–Crippen MR) is 124 cm³/mol. The second-order valence-electron chi connectivity index (χ2n) is 9.75. The minimum Gasteiger partial charge on any atom is -0.494 e. The van der Waals surface area contributed by atoms with Crippen molar-refractivity contribution in [2.75, 3.05) is 12.4 Å². The Hall–Kier alpha value is -1.67. The molecule has 0 saturated carbocycles. The monoisotopic (exact) mass is 394 g/mol. The van der Waals surface area contributed by atoms with E-state index in [9.17, 15) is 0 Å². The normalized spacial score (nSPS) is 16.6. The molecule has 150 valence electrons. The summed E-state index contributed by atoms with van der Waals surface area (Å²) in [6, 6.07) is 15.4. The fourth-order valence-corrected chi connectivity index (χ4v) is 4.95. The smallest absolute Gasteiger partial charge is 0.119 e. The van der Waals surface area contributed by atoms with Crippen molar-refractivity contribution in [1.29, 1.82) is 0 Å². The van der Waals surface area contributed by atoms with Crippen LogP contribution in [0.4, 0.5) is 0 Å². The number of ether oxygens (including phenoxy) is 1. The molecule has 2 heteroatoms. The zero-order chi connectivity index (χ0) is 20.4. The number of benzene rings is 2. The zero-order valence-electron chi connectivity index (χ0n) is 18.3. The van der Waals surface area contributed by atoms with E-state index in [0.717, 1.165) is 18.8 Å². The summed E-state index contributed by atoms with van der Waals surface area (Å²) in [5, 5.41) is 0. The van der Waals surface area contributed by atoms with Crippen LogP contribution in [-0.4, -0.2) is 12.4 Å². The molecule has 0 N–H and O–H groups in total. The van der Waals surface area contributed by atoms with Crippen LogP contribution in [0.5, 0.6) is 5.75 Å². The second kappa shape index (κ2) is 8.37. The summed E-state index contributed by atoms with van der Waals surface area (Å²) in [4.78, 5) is 1.45. The van der Waals surface area contributed by atoms with E-state index >= 15 is 0 Å². The molecule has 1 aliphatic heterocycles. The van der Waals surface area contributed by atoms with Crippen molar-refractivity contribution in [2.45, 2.75) is 64.7 Å². The average Bonchev–Trinajstić information content (AvgIpc) is 2.61. The molecule has 1 aliphatic rings. The molecule has 0 amide bonds. The maximum Gasteiger partial charge on any atom is 0.119 e. The van der Waals surface area contributed by atoms with Gasteiger partial charge in [0.1, 0.15) is 5.75 Å². The maximum atomic E-state index is 5.90. The Bertz CT molecular complexity index is 838. The Labute approximate surface area is 175 Å². The van der Waals surface area contributed by atoms with Crippen molar-refractivity contribution in [3.63, 3.8) is 0 Å². The lowest BCUT2D eigenvalue weighted by Gasteiger charge is -2.32. The lowest BCUT2D eigenvalue weighted by atomic mass is 9.81. The summed E-state index contributed by atoms with van der Waals surface area (Å²) >= 11 is 1.99. The first-order valence-corrected chi connectivity index (χ1v) is 11.3. The Morgan fingerprint density at radius 2 is 1.82 bits per heavy atom. The van der Waals surface area contributed by atoms with Crippen molar-refractivity contribution in [2.24, 2.45) is 5.41 Å². The van der Waals surface area contributed by atoms with E-state index in [4.69, 9.17) is 4.74 Å². The third-order valence-corrected chi connectivity index (χ3v) is 6.61. The highest BCUT2D eigenvalue weighted by Gasteiger charge is 2.27. The molecule has 28 heavy (non-hydrogen) atoms. The van der Waals surface area contributed by atoms with Gasteiger partial charge in [0.15, 0.2) is 0 Å². The Balaban J connectivity index is 1.72. The maximum absolute atomic E-state index is 5.90. The van der Waals surface area contributed by atoms with Crippen LogP contribution in [-0.2, 0) is 5.41 Å². The van der Waals surface area contributed by atoms with Crippen LogP contribution in [0, 0.1) is 5.41 Å². The van der Waals surface area contributed by atoms with Crippen LogP contribution < -0.4 is 4.74 Å². The molecular weight excluding hydrogens is 360 g/mol. The number of thioether (sulfide) groups is 1. The fraction of sp³-hybridized carbons (Fsp3) is 0.462. The van der Waals surface area contributed by atoms with Crippen molar-refractivity contribution < 1.29 is 4.74 Å². The topological polar surface area (TPSA) is 9.23 Å². The van der Waals surface area contributed by atoms with Crippen LogP contribution in [0.1, 0.15) is 71.1 Å². The SMILES string of the molecule is C/C(=C\c1ccc2c(c1)C(C)(C)CCS2)c1ccc(OCCC(C)(C)C)cc1. The first kappa shape index (κ1) is 21.0. The van der Waals surface area contributed by atoms with E-state index in [1.807, 2.05) is 11.8 Å². The van der Waals surface area contributed by atoms with Crippen molar-refractivity contribution in [1.82, 2.24) is 0 Å². The zero-order valence-corrected chi connectivity index (χ0v) is 19.1. The molecule has 1 heterocycles. The molecule has 0 unspecified atom stereocenters. The average molecular weight is 395 g/mol. The van der Waals surface area contributed by atoms with Gasteiger partial charge >= 0.3 is 0 Å². The molecule has 2 aromatic rings. The van der Waals surface area contributed by atoms with E-state index in [1.165, 1.54) is 39.3 Å².